The van der Waals surface area contributed by atoms with Gasteiger partial charge in [0.15, 0.2) is 17.4 Å². The Balaban J connectivity index is -0.0000000326. The summed E-state index contributed by atoms with van der Waals surface area (Å²) in [4.78, 5) is 21.6. The zero-order valence-electron chi connectivity index (χ0n) is 4.35. The average Bonchev–Trinajstić information content (AvgIpc) is 1.27. The predicted molar refractivity (Wildman–Crippen MR) is 45.5 cm³/mol. The molecule has 0 aromatic carbocycles. The van der Waals surface area contributed by atoms with Crippen molar-refractivity contribution in [2.75, 3.05) is 6.61 Å². The molecule has 0 unspecified atom stereocenters. The molecule has 0 atom stereocenters. The van der Waals surface area contributed by atoms with Crippen molar-refractivity contribution in [3.63, 3.8) is 0 Å². The molecule has 0 heterocycles. The SMILES string of the molecule is CCO.O=P(O)(O)O.[AlH3].[MgH2]. The molecule has 0 aliphatic heterocycles. The summed E-state index contributed by atoms with van der Waals surface area (Å²) in [6.45, 7) is 1.93. The van der Waals surface area contributed by atoms with E-state index in [0.717, 1.165) is 0 Å². The van der Waals surface area contributed by atoms with Crippen molar-refractivity contribution >= 4 is 48.2 Å². The van der Waals surface area contributed by atoms with Gasteiger partial charge in [0.2, 0.25) is 0 Å². The number of phosphoric acid groups is 1. The van der Waals surface area contributed by atoms with Crippen LogP contribution in [0.15, 0.2) is 0 Å². The maximum atomic E-state index is 8.88. The van der Waals surface area contributed by atoms with E-state index in [1.54, 1.807) is 6.92 Å². The lowest BCUT2D eigenvalue weighted by Crippen LogP contribution is -1.66. The van der Waals surface area contributed by atoms with Gasteiger partial charge < -0.3 is 19.8 Å². The molecule has 0 aliphatic carbocycles. The van der Waals surface area contributed by atoms with E-state index in [1.165, 1.54) is 0 Å². The van der Waals surface area contributed by atoms with Crippen molar-refractivity contribution in [3.8, 4) is 0 Å². The number of hydrogen-bond donors (Lipinski definition) is 4. The molecule has 0 aromatic rings. The Morgan fingerprint density at radius 3 is 1.30 bits per heavy atom. The van der Waals surface area contributed by atoms with E-state index < -0.39 is 7.82 Å². The lowest BCUT2D eigenvalue weighted by Gasteiger charge is -1.82. The zero-order valence-corrected chi connectivity index (χ0v) is 5.25. The van der Waals surface area contributed by atoms with Crippen molar-refractivity contribution in [1.29, 1.82) is 0 Å². The second-order valence-electron chi connectivity index (χ2n) is 0.830. The fourth-order valence-corrected chi connectivity index (χ4v) is 0. The molecular formula is C2H14AlMgO5P. The molecule has 4 N–H and O–H groups in total. The van der Waals surface area contributed by atoms with E-state index >= 15 is 0 Å². The van der Waals surface area contributed by atoms with Crippen molar-refractivity contribution in [2.45, 2.75) is 6.92 Å². The molecule has 0 rings (SSSR count). The molecule has 0 fully saturated rings. The fourth-order valence-electron chi connectivity index (χ4n) is 0. The van der Waals surface area contributed by atoms with Gasteiger partial charge in [-0.25, -0.2) is 4.57 Å². The maximum absolute atomic E-state index is 8.88. The van der Waals surface area contributed by atoms with Gasteiger partial charge in [-0.2, -0.15) is 0 Å². The van der Waals surface area contributed by atoms with Crippen LogP contribution >= 0.6 is 7.82 Å². The molecule has 0 saturated carbocycles. The maximum Gasteiger partial charge on any atom is 0.466 e. The standard InChI is InChI=1S/C2H6O.Al.Mg.H3O4P.5H/c1-2-3;;;1-5(2,3)4;;;;;/h3H,2H2,1H3;;;(H3,1,2,3,4);;;;;. The van der Waals surface area contributed by atoms with Crippen LogP contribution in [0.1, 0.15) is 6.92 Å². The normalized spacial score (nSPS) is 7.70. The van der Waals surface area contributed by atoms with E-state index in [-0.39, 0.29) is 47.0 Å². The quantitative estimate of drug-likeness (QED) is 0.246. The highest BCUT2D eigenvalue weighted by molar-refractivity contribution is 7.45. The van der Waals surface area contributed by atoms with Gasteiger partial charge in [0.1, 0.15) is 0 Å². The highest BCUT2D eigenvalue weighted by Gasteiger charge is 2.00. The van der Waals surface area contributed by atoms with E-state index in [4.69, 9.17) is 24.4 Å². The summed E-state index contributed by atoms with van der Waals surface area (Å²) < 4.78 is 8.88. The van der Waals surface area contributed by atoms with E-state index in [2.05, 4.69) is 0 Å². The lowest BCUT2D eigenvalue weighted by atomic mass is 10.9. The number of aliphatic hydroxyl groups is 1. The zero-order chi connectivity index (χ0) is 7.21. The Hall–Kier alpha value is 1.37. The Labute approximate surface area is 86.0 Å². The summed E-state index contributed by atoms with van der Waals surface area (Å²) in [5.41, 5.74) is 0. The third kappa shape index (κ3) is 350. The second-order valence-corrected chi connectivity index (χ2v) is 1.86. The third-order valence-corrected chi connectivity index (χ3v) is 0. The third-order valence-electron chi connectivity index (χ3n) is 0. The van der Waals surface area contributed by atoms with Crippen LogP contribution in [0.25, 0.3) is 0 Å². The van der Waals surface area contributed by atoms with Crippen LogP contribution in [-0.4, -0.2) is 66.8 Å². The topological polar surface area (TPSA) is 98.0 Å². The molecule has 0 aromatic heterocycles. The molecule has 5 nitrogen and oxygen atoms in total. The summed E-state index contributed by atoms with van der Waals surface area (Å²) in [6.07, 6.45) is 0. The van der Waals surface area contributed by atoms with Crippen molar-refractivity contribution in [3.05, 3.63) is 0 Å². The van der Waals surface area contributed by atoms with Crippen LogP contribution in [0, 0.1) is 0 Å². The summed E-state index contributed by atoms with van der Waals surface area (Å²) in [6, 6.07) is 0. The Morgan fingerprint density at radius 2 is 1.30 bits per heavy atom. The van der Waals surface area contributed by atoms with Gasteiger partial charge in [-0.05, 0) is 6.92 Å². The van der Waals surface area contributed by atoms with Crippen molar-refractivity contribution in [1.82, 2.24) is 0 Å². The largest absolute Gasteiger partial charge is 0.466 e. The van der Waals surface area contributed by atoms with Gasteiger partial charge >= 0.3 is 30.9 Å². The van der Waals surface area contributed by atoms with Crippen LogP contribution in [-0.2, 0) is 4.57 Å². The summed E-state index contributed by atoms with van der Waals surface area (Å²) in [5, 5.41) is 7.57. The smallest absolute Gasteiger partial charge is 0.397 e. The lowest BCUT2D eigenvalue weighted by molar-refractivity contribution is 0.275. The van der Waals surface area contributed by atoms with Gasteiger partial charge in [-0.1, -0.05) is 0 Å². The van der Waals surface area contributed by atoms with E-state index in [9.17, 15) is 0 Å². The van der Waals surface area contributed by atoms with Crippen LogP contribution in [0.5, 0.6) is 0 Å². The minimum Gasteiger partial charge on any atom is -0.397 e. The first-order valence-electron chi connectivity index (χ1n) is 1.81. The molecular weight excluding hydrogens is 186 g/mol. The molecule has 0 saturated heterocycles. The van der Waals surface area contributed by atoms with Crippen LogP contribution in [0.3, 0.4) is 0 Å². The van der Waals surface area contributed by atoms with Crippen molar-refractivity contribution in [2.24, 2.45) is 0 Å². The average molecular weight is 200 g/mol. The summed E-state index contributed by atoms with van der Waals surface area (Å²) in [5.74, 6) is 0. The first-order chi connectivity index (χ1) is 3.41. The van der Waals surface area contributed by atoms with Crippen LogP contribution in [0.4, 0.5) is 0 Å². The van der Waals surface area contributed by atoms with Gasteiger partial charge in [-0.15, -0.1) is 0 Å². The van der Waals surface area contributed by atoms with Crippen LogP contribution in [0.2, 0.25) is 0 Å². The monoisotopic (exact) mass is 200 g/mol. The second kappa shape index (κ2) is 13.0. The number of hydrogen-bond acceptors (Lipinski definition) is 2. The predicted octanol–water partition coefficient (Wildman–Crippen LogP) is -3.03. The first-order valence-corrected chi connectivity index (χ1v) is 3.37. The molecule has 0 aliphatic rings. The summed E-state index contributed by atoms with van der Waals surface area (Å²) in [7, 11) is -4.64. The minimum atomic E-state index is -4.64. The fraction of sp³-hybridized carbons (Fsp3) is 1.00. The van der Waals surface area contributed by atoms with Crippen LogP contribution < -0.4 is 0 Å². The Morgan fingerprint density at radius 1 is 1.30 bits per heavy atom. The Bertz CT molecular complexity index is 75.5. The van der Waals surface area contributed by atoms with Gasteiger partial charge in [0.05, 0.1) is 0 Å². The Kier molecular flexibility index (Phi) is 29.3. The number of rotatable bonds is 0. The highest BCUT2D eigenvalue weighted by atomic mass is 31.2. The van der Waals surface area contributed by atoms with E-state index in [0.29, 0.717) is 0 Å². The first kappa shape index (κ1) is 22.5. The molecule has 62 valence electrons. The highest BCUT2D eigenvalue weighted by Crippen LogP contribution is 2.25. The summed E-state index contributed by atoms with van der Waals surface area (Å²) >= 11 is 0. The molecule has 0 bridgehead atoms. The molecule has 0 spiro atoms. The minimum absolute atomic E-state index is 0. The van der Waals surface area contributed by atoms with Crippen molar-refractivity contribution < 1.29 is 24.4 Å². The molecule has 0 radical (unpaired) electrons. The molecule has 10 heavy (non-hydrogen) atoms. The van der Waals surface area contributed by atoms with Gasteiger partial charge in [0, 0.05) is 6.61 Å². The van der Waals surface area contributed by atoms with Gasteiger partial charge in [-0.3, -0.25) is 0 Å². The number of aliphatic hydroxyl groups excluding tert-OH is 1. The van der Waals surface area contributed by atoms with E-state index in [1.807, 2.05) is 0 Å². The molecule has 0 amide bonds. The van der Waals surface area contributed by atoms with Gasteiger partial charge in [0.25, 0.3) is 0 Å². The molecule has 8 heteroatoms.